The van der Waals surface area contributed by atoms with Crippen LogP contribution in [0, 0.1) is 0 Å². The lowest BCUT2D eigenvalue weighted by Gasteiger charge is -2.26. The number of hydrogen-bond acceptors (Lipinski definition) is 5. The second-order valence-corrected chi connectivity index (χ2v) is 9.12. The Labute approximate surface area is 148 Å². The monoisotopic (exact) mass is 376 g/mol. The Hall–Kier alpha value is -1.16. The molecule has 0 aliphatic carbocycles. The highest BCUT2D eigenvalue weighted by Gasteiger charge is 2.25. The molecule has 0 radical (unpaired) electrons. The molecule has 24 heavy (non-hydrogen) atoms. The number of aliphatic imine (C=N–C) groups is 1. The number of guanidine groups is 1. The molecule has 0 bridgehead atoms. The van der Waals surface area contributed by atoms with Crippen LogP contribution in [-0.2, 0) is 15.6 Å². The van der Waals surface area contributed by atoms with Gasteiger partial charge in [0.25, 0.3) is 0 Å². The Morgan fingerprint density at radius 2 is 2.00 bits per heavy atom. The van der Waals surface area contributed by atoms with E-state index in [4.69, 9.17) is 0 Å². The first-order valence-corrected chi connectivity index (χ1v) is 10.5. The lowest BCUT2D eigenvalue weighted by atomic mass is 9.99. The van der Waals surface area contributed by atoms with E-state index in [1.807, 2.05) is 23.8 Å². The molecular formula is C15H28N4O3S2. The normalized spacial score (nSPS) is 15.8. The van der Waals surface area contributed by atoms with Gasteiger partial charge in [-0.2, -0.15) is 11.3 Å². The molecule has 7 nitrogen and oxygen atoms in total. The van der Waals surface area contributed by atoms with E-state index in [9.17, 15) is 13.5 Å². The van der Waals surface area contributed by atoms with E-state index in [-0.39, 0.29) is 13.1 Å². The van der Waals surface area contributed by atoms with Gasteiger partial charge in [0.15, 0.2) is 5.96 Å². The Morgan fingerprint density at radius 1 is 1.33 bits per heavy atom. The number of thiophene rings is 1. The van der Waals surface area contributed by atoms with Crippen molar-refractivity contribution in [2.75, 3.05) is 25.9 Å². The Balaban J connectivity index is 2.72. The fourth-order valence-corrected chi connectivity index (χ4v) is 3.93. The summed E-state index contributed by atoms with van der Waals surface area (Å²) in [5.74, 6) is 0.524. The third-order valence-corrected chi connectivity index (χ3v) is 4.79. The fraction of sp³-hybridized carbons (Fsp3) is 0.667. The summed E-state index contributed by atoms with van der Waals surface area (Å²) < 4.78 is 25.3. The second-order valence-electron chi connectivity index (χ2n) is 6.59. The van der Waals surface area contributed by atoms with E-state index in [0.29, 0.717) is 12.5 Å². The van der Waals surface area contributed by atoms with Crippen molar-refractivity contribution in [1.29, 1.82) is 0 Å². The van der Waals surface area contributed by atoms with Gasteiger partial charge in [0, 0.05) is 12.1 Å². The smallest absolute Gasteiger partial charge is 0.209 e. The number of rotatable bonds is 8. The molecule has 9 heteroatoms. The summed E-state index contributed by atoms with van der Waals surface area (Å²) in [6.07, 6.45) is 1.12. The molecule has 4 N–H and O–H groups in total. The van der Waals surface area contributed by atoms with Crippen molar-refractivity contribution in [3.05, 3.63) is 22.4 Å². The van der Waals surface area contributed by atoms with Gasteiger partial charge >= 0.3 is 0 Å². The molecule has 1 aromatic rings. The fourth-order valence-electron chi connectivity index (χ4n) is 2.08. The van der Waals surface area contributed by atoms with Gasteiger partial charge in [-0.05, 0) is 50.1 Å². The standard InChI is InChI=1S/C15H28N4O3S2/c1-6-16-13(17-10-14(2,3)19-24(5,21)22)18-11-15(4,20)12-7-8-23-9-12/h7-9,19-20H,6,10-11H2,1-5H3,(H2,16,17,18). The molecule has 1 aromatic heterocycles. The maximum atomic E-state index is 11.4. The lowest BCUT2D eigenvalue weighted by Crippen LogP contribution is -2.48. The highest BCUT2D eigenvalue weighted by molar-refractivity contribution is 7.88. The third kappa shape index (κ3) is 7.61. The number of nitrogens with one attached hydrogen (secondary N) is 3. The second kappa shape index (κ2) is 8.28. The molecule has 1 unspecified atom stereocenters. The molecule has 0 fully saturated rings. The molecule has 138 valence electrons. The van der Waals surface area contributed by atoms with Crippen LogP contribution < -0.4 is 15.4 Å². The lowest BCUT2D eigenvalue weighted by molar-refractivity contribution is 0.0621. The van der Waals surface area contributed by atoms with Crippen LogP contribution in [0.2, 0.25) is 0 Å². The van der Waals surface area contributed by atoms with Crippen LogP contribution in [0.25, 0.3) is 0 Å². The van der Waals surface area contributed by atoms with Crippen LogP contribution in [0.15, 0.2) is 21.8 Å². The van der Waals surface area contributed by atoms with Crippen LogP contribution in [0.4, 0.5) is 0 Å². The van der Waals surface area contributed by atoms with Crippen LogP contribution in [0.5, 0.6) is 0 Å². The summed E-state index contributed by atoms with van der Waals surface area (Å²) in [7, 11) is -3.31. The van der Waals surface area contributed by atoms with Crippen LogP contribution >= 0.6 is 11.3 Å². The minimum absolute atomic E-state index is 0.260. The van der Waals surface area contributed by atoms with E-state index in [1.54, 1.807) is 20.8 Å². The SMILES string of the molecule is CCNC(=NCC(C)(C)NS(C)(=O)=O)NCC(C)(O)c1ccsc1. The maximum absolute atomic E-state index is 11.4. The summed E-state index contributed by atoms with van der Waals surface area (Å²) in [6.45, 7) is 8.41. The van der Waals surface area contributed by atoms with Gasteiger partial charge in [0.05, 0.1) is 19.3 Å². The first-order chi connectivity index (χ1) is 11.0. The Morgan fingerprint density at radius 3 is 2.50 bits per heavy atom. The average Bonchev–Trinajstić information content (AvgIpc) is 2.94. The molecule has 1 rings (SSSR count). The molecular weight excluding hydrogens is 348 g/mol. The average molecular weight is 377 g/mol. The van der Waals surface area contributed by atoms with E-state index >= 15 is 0 Å². The Bertz CT molecular complexity index is 638. The van der Waals surface area contributed by atoms with Gasteiger partial charge in [-0.1, -0.05) is 0 Å². The van der Waals surface area contributed by atoms with E-state index in [1.165, 1.54) is 11.3 Å². The molecule has 0 spiro atoms. The van der Waals surface area contributed by atoms with Gasteiger partial charge in [-0.25, -0.2) is 13.1 Å². The van der Waals surface area contributed by atoms with Crippen molar-refractivity contribution in [2.45, 2.75) is 38.8 Å². The predicted octanol–water partition coefficient (Wildman–Crippen LogP) is 0.839. The zero-order chi connectivity index (χ0) is 18.4. The summed E-state index contributed by atoms with van der Waals surface area (Å²) in [5.41, 5.74) is -0.877. The van der Waals surface area contributed by atoms with Crippen LogP contribution in [0.3, 0.4) is 0 Å². The molecule has 0 saturated carbocycles. The highest BCUT2D eigenvalue weighted by atomic mass is 32.2. The summed E-state index contributed by atoms with van der Waals surface area (Å²) in [5, 5.41) is 20.6. The maximum Gasteiger partial charge on any atom is 0.209 e. The van der Waals surface area contributed by atoms with Gasteiger partial charge in [0.1, 0.15) is 5.60 Å². The molecule has 0 saturated heterocycles. The summed E-state index contributed by atoms with van der Waals surface area (Å²) in [6, 6.07) is 1.88. The van der Waals surface area contributed by atoms with E-state index < -0.39 is 21.2 Å². The van der Waals surface area contributed by atoms with Crippen molar-refractivity contribution in [3.8, 4) is 0 Å². The van der Waals surface area contributed by atoms with Gasteiger partial charge in [-0.15, -0.1) is 0 Å². The topological polar surface area (TPSA) is 103 Å². The third-order valence-electron chi connectivity index (χ3n) is 3.18. The zero-order valence-electron chi connectivity index (χ0n) is 14.9. The molecule has 0 aliphatic rings. The molecule has 1 atom stereocenters. The highest BCUT2D eigenvalue weighted by Crippen LogP contribution is 2.21. The van der Waals surface area contributed by atoms with Gasteiger partial charge in [-0.3, -0.25) is 4.99 Å². The van der Waals surface area contributed by atoms with Crippen molar-refractivity contribution >= 4 is 27.3 Å². The quantitative estimate of drug-likeness (QED) is 0.398. The van der Waals surface area contributed by atoms with Crippen molar-refractivity contribution in [1.82, 2.24) is 15.4 Å². The minimum Gasteiger partial charge on any atom is -0.384 e. The number of hydrogen-bond donors (Lipinski definition) is 4. The number of aliphatic hydroxyl groups is 1. The first-order valence-electron chi connectivity index (χ1n) is 7.71. The zero-order valence-corrected chi connectivity index (χ0v) is 16.5. The number of nitrogens with zero attached hydrogens (tertiary/aromatic N) is 1. The van der Waals surface area contributed by atoms with Crippen molar-refractivity contribution in [3.63, 3.8) is 0 Å². The summed E-state index contributed by atoms with van der Waals surface area (Å²) in [4.78, 5) is 4.41. The van der Waals surface area contributed by atoms with Crippen molar-refractivity contribution in [2.24, 2.45) is 4.99 Å². The molecule has 0 amide bonds. The predicted molar refractivity (Wildman–Crippen MR) is 99.9 cm³/mol. The van der Waals surface area contributed by atoms with Gasteiger partial charge in [0.2, 0.25) is 10.0 Å². The molecule has 1 heterocycles. The first kappa shape index (κ1) is 20.9. The van der Waals surface area contributed by atoms with Crippen LogP contribution in [-0.4, -0.2) is 50.9 Å². The minimum atomic E-state index is -3.31. The van der Waals surface area contributed by atoms with Gasteiger partial charge < -0.3 is 15.7 Å². The Kier molecular flexibility index (Phi) is 7.21. The van der Waals surface area contributed by atoms with Crippen molar-refractivity contribution < 1.29 is 13.5 Å². The van der Waals surface area contributed by atoms with E-state index in [0.717, 1.165) is 11.8 Å². The van der Waals surface area contributed by atoms with E-state index in [2.05, 4.69) is 20.3 Å². The largest absolute Gasteiger partial charge is 0.384 e. The number of sulfonamides is 1. The molecule has 0 aromatic carbocycles. The van der Waals surface area contributed by atoms with Crippen LogP contribution in [0.1, 0.15) is 33.3 Å². The summed E-state index contributed by atoms with van der Waals surface area (Å²) >= 11 is 1.53. The molecule has 0 aliphatic heterocycles.